The van der Waals surface area contributed by atoms with Gasteiger partial charge >= 0.3 is 0 Å². The van der Waals surface area contributed by atoms with Crippen LogP contribution in [0.5, 0.6) is 5.75 Å². The van der Waals surface area contributed by atoms with Crippen molar-refractivity contribution in [3.63, 3.8) is 0 Å². The van der Waals surface area contributed by atoms with E-state index in [0.29, 0.717) is 11.3 Å². The Morgan fingerprint density at radius 2 is 1.65 bits per heavy atom. The smallest absolute Gasteiger partial charge is 0.262 e. The first kappa shape index (κ1) is 37.3. The number of nitrogens with one attached hydrogen (secondary N) is 2. The van der Waals surface area contributed by atoms with Crippen LogP contribution >= 0.6 is 0 Å². The molecule has 0 radical (unpaired) electrons. The lowest BCUT2D eigenvalue weighted by atomic mass is 9.98. The molecule has 0 spiro atoms. The van der Waals surface area contributed by atoms with Crippen molar-refractivity contribution < 1.29 is 37.9 Å². The maximum absolute atomic E-state index is 13.8. The van der Waals surface area contributed by atoms with Gasteiger partial charge in [-0.2, -0.15) is 5.10 Å². The summed E-state index contributed by atoms with van der Waals surface area (Å²) in [4.78, 5) is 81.3. The van der Waals surface area contributed by atoms with Gasteiger partial charge in [0.05, 0.1) is 29.8 Å². The molecule has 4 aliphatic rings. The Hall–Kier alpha value is -6.62. The first-order chi connectivity index (χ1) is 27.4. The highest BCUT2D eigenvalue weighted by Crippen LogP contribution is 2.36. The number of halogens is 1. The summed E-state index contributed by atoms with van der Waals surface area (Å²) in [5, 5.41) is 9.77. The number of nitrogen functional groups attached to an aromatic ring is 1. The normalized spacial score (nSPS) is 19.0. The molecule has 0 saturated carbocycles. The van der Waals surface area contributed by atoms with Crippen molar-refractivity contribution in [1.29, 1.82) is 0 Å². The summed E-state index contributed by atoms with van der Waals surface area (Å²) in [5.74, 6) is -3.41. The fraction of sp³-hybridized carbons (Fsp3) is 0.325. The lowest BCUT2D eigenvalue weighted by molar-refractivity contribution is -0.136. The highest BCUT2D eigenvalue weighted by molar-refractivity contribution is 6.23. The molecule has 3 fully saturated rings. The van der Waals surface area contributed by atoms with Gasteiger partial charge in [0, 0.05) is 56.4 Å². The molecule has 4 aromatic rings. The zero-order chi connectivity index (χ0) is 40.1. The second-order valence-corrected chi connectivity index (χ2v) is 14.6. The van der Waals surface area contributed by atoms with Crippen molar-refractivity contribution in [2.75, 3.05) is 43.9 Å². The average Bonchev–Trinajstić information content (AvgIpc) is 3.66. The van der Waals surface area contributed by atoms with Crippen molar-refractivity contribution >= 4 is 46.9 Å². The minimum atomic E-state index is -1.01. The molecule has 0 aliphatic carbocycles. The summed E-state index contributed by atoms with van der Waals surface area (Å²) in [6.07, 6.45) is 1.63. The molecule has 0 bridgehead atoms. The van der Waals surface area contributed by atoms with E-state index in [2.05, 4.69) is 20.4 Å². The number of nitrogens with zero attached hydrogens (tertiary/aromatic N) is 5. The van der Waals surface area contributed by atoms with E-state index in [1.165, 1.54) is 19.2 Å². The number of fused-ring (bicyclic) bond motifs is 1. The van der Waals surface area contributed by atoms with Gasteiger partial charge in [-0.15, -0.1) is 0 Å². The van der Waals surface area contributed by atoms with Crippen LogP contribution in [0.2, 0.25) is 0 Å². The van der Waals surface area contributed by atoms with Gasteiger partial charge in [0.1, 0.15) is 34.7 Å². The number of ether oxygens (including phenoxy) is 1. The summed E-state index contributed by atoms with van der Waals surface area (Å²) >= 11 is 0. The number of imide groups is 2. The fourth-order valence-corrected chi connectivity index (χ4v) is 8.13. The molecule has 5 heterocycles. The van der Waals surface area contributed by atoms with Crippen molar-refractivity contribution in [2.45, 2.75) is 50.4 Å². The topological polar surface area (TPSA) is 215 Å². The van der Waals surface area contributed by atoms with Crippen molar-refractivity contribution in [3.8, 4) is 17.0 Å². The molecule has 57 heavy (non-hydrogen) atoms. The number of hydrogen-bond donors (Lipinski definition) is 4. The van der Waals surface area contributed by atoms with E-state index in [4.69, 9.17) is 21.3 Å². The first-order valence-electron chi connectivity index (χ1n) is 18.6. The summed E-state index contributed by atoms with van der Waals surface area (Å²) in [6, 6.07) is 15.2. The number of amides is 6. The van der Waals surface area contributed by atoms with Crippen LogP contribution in [0.1, 0.15) is 78.7 Å². The highest BCUT2D eigenvalue weighted by atomic mass is 19.1. The van der Waals surface area contributed by atoms with Crippen LogP contribution in [-0.2, 0) is 16.1 Å². The number of carbonyl (C=O) groups is 6. The second kappa shape index (κ2) is 14.8. The summed E-state index contributed by atoms with van der Waals surface area (Å²) < 4.78 is 20.7. The molecule has 1 aromatic heterocycles. The quantitative estimate of drug-likeness (QED) is 0.171. The summed E-state index contributed by atoms with van der Waals surface area (Å²) in [7, 11) is 1.40. The number of carbonyl (C=O) groups excluding carboxylic acids is 6. The Bertz CT molecular complexity index is 2330. The summed E-state index contributed by atoms with van der Waals surface area (Å²) in [6.45, 7) is 3.14. The Kier molecular flexibility index (Phi) is 9.69. The molecule has 294 valence electrons. The molecule has 6 amide bonds. The minimum Gasteiger partial charge on any atom is -0.496 e. The molecule has 8 rings (SSSR count). The molecule has 17 heteroatoms. The number of rotatable bonds is 10. The van der Waals surface area contributed by atoms with Gasteiger partial charge in [0.2, 0.25) is 11.8 Å². The lowest BCUT2D eigenvalue weighted by Gasteiger charge is -2.48. The van der Waals surface area contributed by atoms with Crippen LogP contribution in [0.4, 0.5) is 15.9 Å². The highest BCUT2D eigenvalue weighted by Gasteiger charge is 2.45. The van der Waals surface area contributed by atoms with Gasteiger partial charge in [0.25, 0.3) is 23.6 Å². The number of likely N-dealkylation sites (tertiary alicyclic amines) is 1. The minimum absolute atomic E-state index is 0.0603. The predicted octanol–water partition coefficient (Wildman–Crippen LogP) is 2.24. The predicted molar refractivity (Wildman–Crippen MR) is 204 cm³/mol. The number of anilines is 2. The number of methoxy groups -OCH3 is 1. The largest absolute Gasteiger partial charge is 0.496 e. The first-order valence-corrected chi connectivity index (χ1v) is 18.6. The van der Waals surface area contributed by atoms with Crippen LogP contribution in [0, 0.1) is 5.82 Å². The van der Waals surface area contributed by atoms with E-state index >= 15 is 0 Å². The Labute approximate surface area is 325 Å². The maximum Gasteiger partial charge on any atom is 0.262 e. The lowest BCUT2D eigenvalue weighted by Crippen LogP contribution is -2.61. The van der Waals surface area contributed by atoms with E-state index in [1.807, 2.05) is 6.07 Å². The number of benzene rings is 3. The zero-order valence-corrected chi connectivity index (χ0v) is 31.0. The van der Waals surface area contributed by atoms with Gasteiger partial charge in [-0.3, -0.25) is 43.9 Å². The van der Waals surface area contributed by atoms with Crippen molar-refractivity contribution in [1.82, 2.24) is 30.2 Å². The molecular weight excluding hydrogens is 737 g/mol. The summed E-state index contributed by atoms with van der Waals surface area (Å²) in [5.41, 5.74) is 15.6. The van der Waals surface area contributed by atoms with Gasteiger partial charge < -0.3 is 26.4 Å². The van der Waals surface area contributed by atoms with Crippen LogP contribution < -0.4 is 31.7 Å². The molecule has 3 saturated heterocycles. The van der Waals surface area contributed by atoms with E-state index in [0.717, 1.165) is 61.2 Å². The number of aromatic nitrogens is 2. The molecular formula is C40H40FN9O7. The standard InChI is InChI=1S/C40H40FN9O7/c1-57-31-10-6-23(41)16-29(31)37(53)44-18-21-2-4-22(5-3-21)34-33(36(43)52)35(42)50(46-34)24-12-14-47(15-13-24)26-19-48(20-26)25-7-8-27-28(17-25)40(56)49(39(27)55)30-9-11-32(51)45-38(30)54/h2-8,10,16-17,24,26,30H,9,11-15,18-20,42H2,1H3,(H2,43,52)(H,44,53)(H,45,51,54). The fourth-order valence-electron chi connectivity index (χ4n) is 8.13. The van der Waals surface area contributed by atoms with Crippen LogP contribution in [0.15, 0.2) is 60.7 Å². The third-order valence-corrected chi connectivity index (χ3v) is 11.3. The zero-order valence-electron chi connectivity index (χ0n) is 31.0. The van der Waals surface area contributed by atoms with Crippen LogP contribution in [0.25, 0.3) is 11.3 Å². The van der Waals surface area contributed by atoms with Gasteiger partial charge in [-0.25, -0.2) is 9.07 Å². The number of primary amides is 1. The van der Waals surface area contributed by atoms with Crippen molar-refractivity contribution in [3.05, 3.63) is 94.3 Å². The van der Waals surface area contributed by atoms with E-state index in [1.54, 1.807) is 41.1 Å². The number of piperidine rings is 2. The third-order valence-electron chi connectivity index (χ3n) is 11.3. The number of nitrogens with two attached hydrogens (primary N) is 2. The monoisotopic (exact) mass is 777 g/mol. The maximum atomic E-state index is 13.8. The van der Waals surface area contributed by atoms with E-state index in [9.17, 15) is 33.2 Å². The molecule has 1 atom stereocenters. The second-order valence-electron chi connectivity index (χ2n) is 14.6. The average molecular weight is 778 g/mol. The molecule has 16 nitrogen and oxygen atoms in total. The van der Waals surface area contributed by atoms with E-state index in [-0.39, 0.29) is 65.3 Å². The van der Waals surface area contributed by atoms with Crippen molar-refractivity contribution in [2.24, 2.45) is 5.73 Å². The molecule has 1 unspecified atom stereocenters. The van der Waals surface area contributed by atoms with E-state index < -0.39 is 47.3 Å². The SMILES string of the molecule is COc1ccc(F)cc1C(=O)NCc1ccc(-c2nn(C3CCN(C4CN(c5ccc6c(c5)C(=O)N(C5CCC(=O)NC5=O)C6=O)C4)CC3)c(N)c2C(N)=O)cc1. The van der Waals surface area contributed by atoms with Gasteiger partial charge in [0.15, 0.2) is 0 Å². The molecule has 3 aromatic carbocycles. The van der Waals surface area contributed by atoms with Gasteiger partial charge in [-0.05, 0) is 61.2 Å². The van der Waals surface area contributed by atoms with Crippen LogP contribution in [0.3, 0.4) is 0 Å². The Morgan fingerprint density at radius 3 is 2.33 bits per heavy atom. The Morgan fingerprint density at radius 1 is 0.930 bits per heavy atom. The van der Waals surface area contributed by atoms with Gasteiger partial charge in [-0.1, -0.05) is 24.3 Å². The van der Waals surface area contributed by atoms with Crippen LogP contribution in [-0.4, -0.2) is 100 Å². The number of hydrogen-bond acceptors (Lipinski definition) is 11. The third kappa shape index (κ3) is 6.83. The Balaban J connectivity index is 0.875. The molecule has 6 N–H and O–H groups in total. The molecule has 4 aliphatic heterocycles.